The molecule has 16 heavy (non-hydrogen) atoms. The Hall–Kier alpha value is 0.220. The number of nitrogens with one attached hydrogen (secondary N) is 1. The Kier molecular flexibility index (Phi) is 7.44. The Morgan fingerprint density at radius 2 is 2.12 bits per heavy atom. The van der Waals surface area contributed by atoms with Gasteiger partial charge in [-0.15, -0.1) is 10.2 Å². The summed E-state index contributed by atoms with van der Waals surface area (Å²) in [7, 11) is 0. The first-order chi connectivity index (χ1) is 7.76. The molecule has 6 heteroatoms. The summed E-state index contributed by atoms with van der Waals surface area (Å²) in [4.78, 5) is 0. The first-order valence-corrected chi connectivity index (χ1v) is 8.43. The number of aromatic nitrogens is 2. The van der Waals surface area contributed by atoms with E-state index in [4.69, 9.17) is 0 Å². The van der Waals surface area contributed by atoms with Crippen LogP contribution in [-0.2, 0) is 0 Å². The van der Waals surface area contributed by atoms with Crippen LogP contribution >= 0.6 is 34.9 Å². The van der Waals surface area contributed by atoms with Crippen LogP contribution in [0.5, 0.6) is 0 Å². The highest BCUT2D eigenvalue weighted by Gasteiger charge is 2.08. The highest BCUT2D eigenvalue weighted by Crippen LogP contribution is 2.29. The highest BCUT2D eigenvalue weighted by atomic mass is 32.2. The summed E-state index contributed by atoms with van der Waals surface area (Å²) < 4.78 is 2.13. The Morgan fingerprint density at radius 3 is 2.75 bits per heavy atom. The van der Waals surface area contributed by atoms with Gasteiger partial charge in [-0.3, -0.25) is 0 Å². The van der Waals surface area contributed by atoms with Crippen molar-refractivity contribution in [1.29, 1.82) is 0 Å². The van der Waals surface area contributed by atoms with E-state index in [0.717, 1.165) is 21.8 Å². The lowest BCUT2D eigenvalue weighted by Crippen LogP contribution is -2.23. The molecule has 1 atom stereocenters. The van der Waals surface area contributed by atoms with E-state index >= 15 is 0 Å². The Balaban J connectivity index is 2.20. The molecule has 1 unspecified atom stereocenters. The normalized spacial score (nSPS) is 12.9. The first kappa shape index (κ1) is 14.3. The van der Waals surface area contributed by atoms with Crippen molar-refractivity contribution in [3.05, 3.63) is 0 Å². The number of thioether (sulfide) groups is 2. The van der Waals surface area contributed by atoms with Crippen LogP contribution in [0.15, 0.2) is 8.68 Å². The van der Waals surface area contributed by atoms with Crippen LogP contribution in [0.3, 0.4) is 0 Å². The number of hydrogen-bond acceptors (Lipinski definition) is 6. The van der Waals surface area contributed by atoms with Crippen molar-refractivity contribution in [2.75, 3.05) is 19.3 Å². The van der Waals surface area contributed by atoms with Gasteiger partial charge >= 0.3 is 0 Å². The number of unbranched alkanes of at least 4 members (excludes halogenated alkanes) is 1. The van der Waals surface area contributed by atoms with Crippen LogP contribution in [-0.4, -0.2) is 34.8 Å². The summed E-state index contributed by atoms with van der Waals surface area (Å²) in [6, 6.07) is 0. The van der Waals surface area contributed by atoms with Crippen LogP contribution in [0, 0.1) is 0 Å². The van der Waals surface area contributed by atoms with E-state index in [1.165, 1.54) is 12.8 Å². The maximum Gasteiger partial charge on any atom is 0.175 e. The Morgan fingerprint density at radius 1 is 1.38 bits per heavy atom. The fourth-order valence-corrected chi connectivity index (χ4v) is 3.87. The molecule has 0 bridgehead atoms. The molecule has 1 heterocycles. The summed E-state index contributed by atoms with van der Waals surface area (Å²) in [5.74, 6) is 0. The van der Waals surface area contributed by atoms with Crippen molar-refractivity contribution in [2.24, 2.45) is 0 Å². The number of rotatable bonds is 8. The molecule has 0 amide bonds. The van der Waals surface area contributed by atoms with Crippen molar-refractivity contribution >= 4 is 34.9 Å². The SMILES string of the molecule is CCCCNCC(C)Sc1nnc(SC)s1. The van der Waals surface area contributed by atoms with E-state index in [1.807, 2.05) is 6.26 Å². The predicted octanol–water partition coefficient (Wildman–Crippen LogP) is 3.13. The molecule has 0 saturated heterocycles. The van der Waals surface area contributed by atoms with Crippen molar-refractivity contribution in [1.82, 2.24) is 15.5 Å². The molecule has 0 saturated carbocycles. The van der Waals surface area contributed by atoms with Crippen molar-refractivity contribution in [3.8, 4) is 0 Å². The van der Waals surface area contributed by atoms with E-state index in [0.29, 0.717) is 5.25 Å². The second-order valence-corrected chi connectivity index (χ2v) is 7.24. The summed E-state index contributed by atoms with van der Waals surface area (Å²) in [5, 5.41) is 12.3. The maximum atomic E-state index is 4.15. The van der Waals surface area contributed by atoms with Gasteiger partial charge in [0.1, 0.15) is 0 Å². The largest absolute Gasteiger partial charge is 0.316 e. The molecular formula is C10H19N3S3. The molecule has 0 aliphatic carbocycles. The van der Waals surface area contributed by atoms with Crippen molar-refractivity contribution < 1.29 is 0 Å². The van der Waals surface area contributed by atoms with Crippen LogP contribution < -0.4 is 5.32 Å². The van der Waals surface area contributed by atoms with E-state index in [2.05, 4.69) is 29.4 Å². The van der Waals surface area contributed by atoms with Gasteiger partial charge in [-0.25, -0.2) is 0 Å². The van der Waals surface area contributed by atoms with Gasteiger partial charge in [0, 0.05) is 11.8 Å². The summed E-state index contributed by atoms with van der Waals surface area (Å²) >= 11 is 5.14. The van der Waals surface area contributed by atoms with Gasteiger partial charge in [0.25, 0.3) is 0 Å². The Bertz CT molecular complexity index is 291. The third-order valence-electron chi connectivity index (χ3n) is 2.00. The van der Waals surface area contributed by atoms with Gasteiger partial charge in [0.15, 0.2) is 8.68 Å². The topological polar surface area (TPSA) is 37.8 Å². The maximum absolute atomic E-state index is 4.15. The number of nitrogens with zero attached hydrogens (tertiary/aromatic N) is 2. The lowest BCUT2D eigenvalue weighted by atomic mass is 10.3. The molecule has 1 N–H and O–H groups in total. The molecular weight excluding hydrogens is 258 g/mol. The van der Waals surface area contributed by atoms with Crippen LogP contribution in [0.2, 0.25) is 0 Å². The molecule has 0 aliphatic heterocycles. The van der Waals surface area contributed by atoms with E-state index < -0.39 is 0 Å². The second-order valence-electron chi connectivity index (χ2n) is 3.52. The lowest BCUT2D eigenvalue weighted by molar-refractivity contribution is 0.638. The smallest absolute Gasteiger partial charge is 0.175 e. The minimum absolute atomic E-state index is 0.555. The number of hydrogen-bond donors (Lipinski definition) is 1. The molecule has 0 spiro atoms. The molecule has 1 rings (SSSR count). The van der Waals surface area contributed by atoms with Gasteiger partial charge in [-0.05, 0) is 19.2 Å². The van der Waals surface area contributed by atoms with Gasteiger partial charge < -0.3 is 5.32 Å². The molecule has 3 nitrogen and oxygen atoms in total. The first-order valence-electron chi connectivity index (χ1n) is 5.51. The van der Waals surface area contributed by atoms with Gasteiger partial charge in [0.05, 0.1) is 0 Å². The van der Waals surface area contributed by atoms with Crippen molar-refractivity contribution in [3.63, 3.8) is 0 Å². The third-order valence-corrected chi connectivity index (χ3v) is 5.09. The van der Waals surface area contributed by atoms with E-state index in [1.54, 1.807) is 34.9 Å². The lowest BCUT2D eigenvalue weighted by Gasteiger charge is -2.09. The molecule has 0 fully saturated rings. The third kappa shape index (κ3) is 5.52. The van der Waals surface area contributed by atoms with Crippen LogP contribution in [0.25, 0.3) is 0 Å². The molecule has 0 aliphatic rings. The fraction of sp³-hybridized carbons (Fsp3) is 0.800. The molecule has 0 aromatic carbocycles. The molecule has 0 radical (unpaired) electrons. The fourth-order valence-electron chi connectivity index (χ4n) is 1.15. The van der Waals surface area contributed by atoms with E-state index in [-0.39, 0.29) is 0 Å². The second kappa shape index (κ2) is 8.33. The molecule has 1 aromatic rings. The summed E-state index contributed by atoms with van der Waals surface area (Å²) in [5.41, 5.74) is 0. The van der Waals surface area contributed by atoms with Gasteiger partial charge in [-0.2, -0.15) is 0 Å². The summed E-state index contributed by atoms with van der Waals surface area (Å²) in [6.07, 6.45) is 4.54. The average Bonchev–Trinajstić information content (AvgIpc) is 2.72. The van der Waals surface area contributed by atoms with Gasteiger partial charge in [-0.1, -0.05) is 55.1 Å². The summed E-state index contributed by atoms with van der Waals surface area (Å²) in [6.45, 7) is 6.60. The van der Waals surface area contributed by atoms with E-state index in [9.17, 15) is 0 Å². The monoisotopic (exact) mass is 277 g/mol. The zero-order valence-electron chi connectivity index (χ0n) is 10.0. The predicted molar refractivity (Wildman–Crippen MR) is 74.8 cm³/mol. The van der Waals surface area contributed by atoms with Crippen molar-refractivity contribution in [2.45, 2.75) is 40.6 Å². The molecule has 92 valence electrons. The highest BCUT2D eigenvalue weighted by molar-refractivity contribution is 8.03. The zero-order chi connectivity index (χ0) is 11.8. The van der Waals surface area contributed by atoms with Crippen LogP contribution in [0.4, 0.5) is 0 Å². The zero-order valence-corrected chi connectivity index (χ0v) is 12.5. The molecule has 1 aromatic heterocycles. The van der Waals surface area contributed by atoms with Gasteiger partial charge in [0.2, 0.25) is 0 Å². The minimum atomic E-state index is 0.555. The van der Waals surface area contributed by atoms with Crippen LogP contribution in [0.1, 0.15) is 26.7 Å². The Labute approximate surface area is 110 Å². The standard InChI is InChI=1S/C10H19N3S3/c1-4-5-6-11-7-8(2)15-10-13-12-9(14-3)16-10/h8,11H,4-7H2,1-3H3. The quantitative estimate of drug-likeness (QED) is 0.584. The minimum Gasteiger partial charge on any atom is -0.316 e. The average molecular weight is 277 g/mol.